The van der Waals surface area contributed by atoms with E-state index >= 15 is 0 Å². The first kappa shape index (κ1) is 21.4. The SMILES string of the molecule is COc1ccc(NC(=O)C[NH+](C)CC(=O)Nc2ccc(C(C)(C)C)cc2)cc1. The maximum Gasteiger partial charge on any atom is 0.279 e. The van der Waals surface area contributed by atoms with E-state index in [1.54, 1.807) is 31.4 Å². The van der Waals surface area contributed by atoms with Crippen molar-refractivity contribution in [2.45, 2.75) is 26.2 Å². The molecule has 0 spiro atoms. The Labute approximate surface area is 166 Å². The average molecular weight is 385 g/mol. The van der Waals surface area contributed by atoms with Gasteiger partial charge in [0.25, 0.3) is 11.8 Å². The molecule has 0 saturated heterocycles. The van der Waals surface area contributed by atoms with Gasteiger partial charge in [-0.3, -0.25) is 9.59 Å². The molecule has 0 radical (unpaired) electrons. The van der Waals surface area contributed by atoms with E-state index in [2.05, 4.69) is 31.4 Å². The lowest BCUT2D eigenvalue weighted by molar-refractivity contribution is -0.862. The van der Waals surface area contributed by atoms with Gasteiger partial charge in [-0.1, -0.05) is 32.9 Å². The molecule has 2 aromatic carbocycles. The van der Waals surface area contributed by atoms with E-state index in [1.165, 1.54) is 5.56 Å². The lowest BCUT2D eigenvalue weighted by Crippen LogP contribution is -3.11. The maximum atomic E-state index is 12.2. The minimum Gasteiger partial charge on any atom is -0.497 e. The second-order valence-electron chi connectivity index (χ2n) is 7.96. The Kier molecular flexibility index (Phi) is 7.18. The summed E-state index contributed by atoms with van der Waals surface area (Å²) in [5, 5.41) is 5.70. The van der Waals surface area contributed by atoms with E-state index in [1.807, 2.05) is 31.3 Å². The first-order chi connectivity index (χ1) is 13.2. The number of likely N-dealkylation sites (N-methyl/N-ethyl adjacent to an activating group) is 1. The molecule has 2 rings (SSSR count). The molecule has 28 heavy (non-hydrogen) atoms. The van der Waals surface area contributed by atoms with Gasteiger partial charge in [-0.05, 0) is 47.4 Å². The second kappa shape index (κ2) is 9.37. The van der Waals surface area contributed by atoms with Gasteiger partial charge in [-0.2, -0.15) is 0 Å². The van der Waals surface area contributed by atoms with Gasteiger partial charge < -0.3 is 20.3 Å². The van der Waals surface area contributed by atoms with Crippen molar-refractivity contribution in [1.29, 1.82) is 0 Å². The van der Waals surface area contributed by atoms with Gasteiger partial charge in [0.2, 0.25) is 0 Å². The molecule has 0 heterocycles. The van der Waals surface area contributed by atoms with Gasteiger partial charge in [0.1, 0.15) is 5.75 Å². The molecule has 6 heteroatoms. The first-order valence-corrected chi connectivity index (χ1v) is 9.33. The Bertz CT molecular complexity index is 793. The lowest BCUT2D eigenvalue weighted by Gasteiger charge is -2.19. The molecule has 1 unspecified atom stereocenters. The third-order valence-corrected chi connectivity index (χ3v) is 4.33. The summed E-state index contributed by atoms with van der Waals surface area (Å²) in [4.78, 5) is 25.2. The molecular weight excluding hydrogens is 354 g/mol. The molecule has 0 saturated carbocycles. The van der Waals surface area contributed by atoms with Crippen molar-refractivity contribution >= 4 is 23.2 Å². The molecule has 0 aliphatic rings. The van der Waals surface area contributed by atoms with Crippen LogP contribution in [0.4, 0.5) is 11.4 Å². The number of anilines is 2. The third-order valence-electron chi connectivity index (χ3n) is 4.33. The van der Waals surface area contributed by atoms with Crippen molar-refractivity contribution in [3.8, 4) is 5.75 Å². The lowest BCUT2D eigenvalue weighted by atomic mass is 9.87. The summed E-state index contributed by atoms with van der Waals surface area (Å²) in [6.45, 7) is 6.85. The second-order valence-corrected chi connectivity index (χ2v) is 7.96. The Morgan fingerprint density at radius 1 is 0.857 bits per heavy atom. The highest BCUT2D eigenvalue weighted by molar-refractivity contribution is 5.93. The summed E-state index contributed by atoms with van der Waals surface area (Å²) in [6, 6.07) is 15.0. The number of quaternary nitrogens is 1. The molecule has 1 atom stereocenters. The van der Waals surface area contributed by atoms with Crippen molar-refractivity contribution in [3.63, 3.8) is 0 Å². The molecule has 2 amide bonds. The number of rotatable bonds is 7. The number of nitrogens with one attached hydrogen (secondary N) is 3. The average Bonchev–Trinajstić information content (AvgIpc) is 2.61. The molecule has 6 nitrogen and oxygen atoms in total. The number of carbonyl (C=O) groups excluding carboxylic acids is 2. The summed E-state index contributed by atoms with van der Waals surface area (Å²) >= 11 is 0. The highest BCUT2D eigenvalue weighted by atomic mass is 16.5. The van der Waals surface area contributed by atoms with E-state index in [-0.39, 0.29) is 30.3 Å². The van der Waals surface area contributed by atoms with Gasteiger partial charge in [0, 0.05) is 11.4 Å². The summed E-state index contributed by atoms with van der Waals surface area (Å²) in [5.74, 6) is 0.455. The Morgan fingerprint density at radius 2 is 1.29 bits per heavy atom. The highest BCUT2D eigenvalue weighted by Gasteiger charge is 2.16. The maximum absolute atomic E-state index is 12.2. The quantitative estimate of drug-likeness (QED) is 0.684. The Morgan fingerprint density at radius 3 is 1.68 bits per heavy atom. The largest absolute Gasteiger partial charge is 0.497 e. The molecular formula is C22H30N3O3+. The van der Waals surface area contributed by atoms with Crippen molar-refractivity contribution < 1.29 is 19.2 Å². The number of methoxy groups -OCH3 is 1. The normalized spacial score (nSPS) is 12.2. The summed E-state index contributed by atoms with van der Waals surface area (Å²) in [6.07, 6.45) is 0. The number of ether oxygens (including phenoxy) is 1. The summed E-state index contributed by atoms with van der Waals surface area (Å²) < 4.78 is 5.09. The van der Waals surface area contributed by atoms with Crippen LogP contribution in [0.5, 0.6) is 5.75 Å². The number of benzene rings is 2. The fourth-order valence-electron chi connectivity index (χ4n) is 2.75. The molecule has 0 aliphatic heterocycles. The van der Waals surface area contributed by atoms with Crippen LogP contribution in [0.1, 0.15) is 26.3 Å². The van der Waals surface area contributed by atoms with Crippen molar-refractivity contribution in [1.82, 2.24) is 0 Å². The van der Waals surface area contributed by atoms with Crippen LogP contribution in [0.2, 0.25) is 0 Å². The zero-order chi connectivity index (χ0) is 20.7. The van der Waals surface area contributed by atoms with E-state index in [4.69, 9.17) is 4.74 Å². The molecule has 2 aromatic rings. The first-order valence-electron chi connectivity index (χ1n) is 9.33. The van der Waals surface area contributed by atoms with Crippen LogP contribution >= 0.6 is 0 Å². The van der Waals surface area contributed by atoms with Crippen LogP contribution in [0.3, 0.4) is 0 Å². The van der Waals surface area contributed by atoms with Crippen LogP contribution in [-0.4, -0.2) is 39.1 Å². The predicted octanol–water partition coefficient (Wildman–Crippen LogP) is 2.08. The molecule has 150 valence electrons. The summed E-state index contributed by atoms with van der Waals surface area (Å²) in [7, 11) is 3.41. The zero-order valence-electron chi connectivity index (χ0n) is 17.3. The monoisotopic (exact) mass is 384 g/mol. The number of amides is 2. The molecule has 0 fully saturated rings. The smallest absolute Gasteiger partial charge is 0.279 e. The molecule has 0 aliphatic carbocycles. The Hall–Kier alpha value is -2.86. The van der Waals surface area contributed by atoms with Crippen LogP contribution in [0.15, 0.2) is 48.5 Å². The number of hydrogen-bond acceptors (Lipinski definition) is 3. The van der Waals surface area contributed by atoms with Crippen LogP contribution < -0.4 is 20.3 Å². The van der Waals surface area contributed by atoms with Crippen molar-refractivity contribution in [2.24, 2.45) is 0 Å². The fraction of sp³-hybridized carbons (Fsp3) is 0.364. The zero-order valence-corrected chi connectivity index (χ0v) is 17.3. The van der Waals surface area contributed by atoms with Crippen LogP contribution in [0.25, 0.3) is 0 Å². The predicted molar refractivity (Wildman–Crippen MR) is 112 cm³/mol. The van der Waals surface area contributed by atoms with Gasteiger partial charge in [0.15, 0.2) is 13.1 Å². The Balaban J connectivity index is 1.80. The fourth-order valence-corrected chi connectivity index (χ4v) is 2.75. The van der Waals surface area contributed by atoms with Gasteiger partial charge >= 0.3 is 0 Å². The number of carbonyl (C=O) groups is 2. The molecule has 3 N–H and O–H groups in total. The minimum absolute atomic E-state index is 0.0736. The van der Waals surface area contributed by atoms with E-state index in [9.17, 15) is 9.59 Å². The van der Waals surface area contributed by atoms with Gasteiger partial charge in [-0.25, -0.2) is 0 Å². The third kappa shape index (κ3) is 6.70. The van der Waals surface area contributed by atoms with E-state index in [0.29, 0.717) is 5.69 Å². The van der Waals surface area contributed by atoms with Gasteiger partial charge in [0.05, 0.1) is 14.2 Å². The molecule has 0 bridgehead atoms. The van der Waals surface area contributed by atoms with Crippen molar-refractivity contribution in [2.75, 3.05) is 37.9 Å². The summed E-state index contributed by atoms with van der Waals surface area (Å²) in [5.41, 5.74) is 2.74. The number of hydrogen-bond donors (Lipinski definition) is 3. The van der Waals surface area contributed by atoms with Crippen molar-refractivity contribution in [3.05, 3.63) is 54.1 Å². The highest BCUT2D eigenvalue weighted by Crippen LogP contribution is 2.23. The standard InChI is InChI=1S/C22H29N3O3/c1-22(2,3)16-6-8-17(9-7-16)23-20(26)14-25(4)15-21(27)24-18-10-12-19(28-5)13-11-18/h6-13H,14-15H2,1-5H3,(H,23,26)(H,24,27)/p+1. The topological polar surface area (TPSA) is 71.9 Å². The van der Waals surface area contributed by atoms with E-state index in [0.717, 1.165) is 16.3 Å². The minimum atomic E-state index is -0.148. The van der Waals surface area contributed by atoms with Crippen LogP contribution in [0, 0.1) is 0 Å². The molecule has 0 aromatic heterocycles. The van der Waals surface area contributed by atoms with Crippen LogP contribution in [-0.2, 0) is 15.0 Å². The van der Waals surface area contributed by atoms with E-state index < -0.39 is 0 Å². The van der Waals surface area contributed by atoms with Gasteiger partial charge in [-0.15, -0.1) is 0 Å².